The lowest BCUT2D eigenvalue weighted by Crippen LogP contribution is -2.45. The van der Waals surface area contributed by atoms with Gasteiger partial charge in [-0.3, -0.25) is 9.79 Å². The minimum atomic E-state index is -0.487. The SMILES string of the molecule is CCNC(=NCCNC(=O)C1CC1)NCCN(C(=O)OC(C)(C)C)C1CC1. The summed E-state index contributed by atoms with van der Waals surface area (Å²) in [6.07, 6.45) is 3.84. The third-order valence-electron chi connectivity index (χ3n) is 4.23. The van der Waals surface area contributed by atoms with Crippen LogP contribution in [0.25, 0.3) is 0 Å². The number of guanidine groups is 1. The van der Waals surface area contributed by atoms with Crippen LogP contribution in [0.3, 0.4) is 0 Å². The first-order chi connectivity index (χ1) is 12.8. The molecule has 2 saturated carbocycles. The van der Waals surface area contributed by atoms with E-state index in [-0.39, 0.29) is 17.9 Å². The molecule has 2 aliphatic rings. The van der Waals surface area contributed by atoms with Gasteiger partial charge < -0.3 is 25.6 Å². The van der Waals surface area contributed by atoms with Crippen LogP contribution in [0.1, 0.15) is 53.4 Å². The predicted molar refractivity (Wildman–Crippen MR) is 106 cm³/mol. The lowest BCUT2D eigenvalue weighted by atomic mass is 10.2. The Bertz CT molecular complexity index is 536. The molecule has 2 amide bonds. The molecule has 3 N–H and O–H groups in total. The Morgan fingerprint density at radius 3 is 2.33 bits per heavy atom. The first-order valence-electron chi connectivity index (χ1n) is 10.1. The maximum atomic E-state index is 12.4. The van der Waals surface area contributed by atoms with E-state index in [0.717, 1.165) is 32.2 Å². The molecule has 27 heavy (non-hydrogen) atoms. The van der Waals surface area contributed by atoms with Crippen LogP contribution < -0.4 is 16.0 Å². The number of aliphatic imine (C=N–C) groups is 1. The van der Waals surface area contributed by atoms with Gasteiger partial charge in [-0.05, 0) is 53.4 Å². The van der Waals surface area contributed by atoms with Crippen molar-refractivity contribution in [2.24, 2.45) is 10.9 Å². The quantitative estimate of drug-likeness (QED) is 0.319. The van der Waals surface area contributed by atoms with Crippen molar-refractivity contribution >= 4 is 18.0 Å². The molecule has 0 heterocycles. The first-order valence-corrected chi connectivity index (χ1v) is 10.1. The van der Waals surface area contributed by atoms with Crippen molar-refractivity contribution in [1.82, 2.24) is 20.9 Å². The molecule has 0 radical (unpaired) electrons. The summed E-state index contributed by atoms with van der Waals surface area (Å²) in [5.74, 6) is 1.06. The second-order valence-corrected chi connectivity index (χ2v) is 8.16. The van der Waals surface area contributed by atoms with Gasteiger partial charge in [0.2, 0.25) is 5.91 Å². The highest BCUT2D eigenvalue weighted by Gasteiger charge is 2.34. The summed E-state index contributed by atoms with van der Waals surface area (Å²) in [6, 6.07) is 0.291. The number of hydrogen-bond donors (Lipinski definition) is 3. The zero-order valence-corrected chi connectivity index (χ0v) is 17.1. The number of amides is 2. The van der Waals surface area contributed by atoms with Crippen molar-refractivity contribution in [3.63, 3.8) is 0 Å². The highest BCUT2D eigenvalue weighted by atomic mass is 16.6. The van der Waals surface area contributed by atoms with Gasteiger partial charge in [0.15, 0.2) is 5.96 Å². The van der Waals surface area contributed by atoms with Gasteiger partial charge in [-0.15, -0.1) is 0 Å². The molecular formula is C19H35N5O3. The molecule has 0 spiro atoms. The highest BCUT2D eigenvalue weighted by molar-refractivity contribution is 5.81. The highest BCUT2D eigenvalue weighted by Crippen LogP contribution is 2.28. The number of hydrogen-bond acceptors (Lipinski definition) is 4. The van der Waals surface area contributed by atoms with Crippen molar-refractivity contribution in [2.75, 3.05) is 32.7 Å². The van der Waals surface area contributed by atoms with Crippen LogP contribution in [-0.4, -0.2) is 67.2 Å². The minimum absolute atomic E-state index is 0.139. The molecule has 0 aromatic rings. The number of ether oxygens (including phenoxy) is 1. The lowest BCUT2D eigenvalue weighted by Gasteiger charge is -2.27. The Morgan fingerprint density at radius 1 is 1.07 bits per heavy atom. The summed E-state index contributed by atoms with van der Waals surface area (Å²) in [6.45, 7) is 10.6. The van der Waals surface area contributed by atoms with Crippen molar-refractivity contribution < 1.29 is 14.3 Å². The smallest absolute Gasteiger partial charge is 0.410 e. The fourth-order valence-corrected chi connectivity index (χ4v) is 2.60. The van der Waals surface area contributed by atoms with E-state index in [2.05, 4.69) is 20.9 Å². The van der Waals surface area contributed by atoms with E-state index in [0.29, 0.717) is 38.2 Å². The first kappa shape index (κ1) is 21.3. The number of nitrogens with zero attached hydrogens (tertiary/aromatic N) is 2. The molecule has 2 fully saturated rings. The zero-order valence-electron chi connectivity index (χ0n) is 17.1. The fourth-order valence-electron chi connectivity index (χ4n) is 2.60. The Balaban J connectivity index is 1.73. The molecule has 0 atom stereocenters. The van der Waals surface area contributed by atoms with Crippen LogP contribution in [0.15, 0.2) is 4.99 Å². The topological polar surface area (TPSA) is 95.1 Å². The monoisotopic (exact) mass is 381 g/mol. The van der Waals surface area contributed by atoms with Gasteiger partial charge in [-0.1, -0.05) is 0 Å². The van der Waals surface area contributed by atoms with Crippen molar-refractivity contribution in [1.29, 1.82) is 0 Å². The van der Waals surface area contributed by atoms with E-state index in [1.54, 1.807) is 4.90 Å². The molecule has 2 aliphatic carbocycles. The van der Waals surface area contributed by atoms with Crippen LogP contribution in [-0.2, 0) is 9.53 Å². The second kappa shape index (κ2) is 9.80. The van der Waals surface area contributed by atoms with Crippen molar-refractivity contribution in [3.8, 4) is 0 Å². The van der Waals surface area contributed by atoms with Crippen molar-refractivity contribution in [3.05, 3.63) is 0 Å². The minimum Gasteiger partial charge on any atom is -0.444 e. The van der Waals surface area contributed by atoms with Gasteiger partial charge in [0, 0.05) is 38.1 Å². The molecule has 8 nitrogen and oxygen atoms in total. The van der Waals surface area contributed by atoms with Gasteiger partial charge in [-0.25, -0.2) is 4.79 Å². The standard InChI is InChI=1S/C19H35N5O3/c1-5-20-17(22-11-10-21-16(25)14-6-7-14)23-12-13-24(15-8-9-15)18(26)27-19(2,3)4/h14-15H,5-13H2,1-4H3,(H,21,25)(H2,20,22,23). The molecule has 0 aliphatic heterocycles. The molecule has 0 bridgehead atoms. The van der Waals surface area contributed by atoms with E-state index in [4.69, 9.17) is 4.74 Å². The molecule has 0 saturated heterocycles. The Hall–Kier alpha value is -1.99. The normalized spacial score (nSPS) is 17.3. The van der Waals surface area contributed by atoms with Gasteiger partial charge in [0.05, 0.1) is 6.54 Å². The molecule has 0 unspecified atom stereocenters. The van der Waals surface area contributed by atoms with Crippen LogP contribution in [0.4, 0.5) is 4.79 Å². The van der Waals surface area contributed by atoms with Gasteiger partial charge in [0.1, 0.15) is 5.60 Å². The van der Waals surface area contributed by atoms with E-state index in [9.17, 15) is 9.59 Å². The maximum Gasteiger partial charge on any atom is 0.410 e. The fraction of sp³-hybridized carbons (Fsp3) is 0.842. The molecule has 2 rings (SSSR count). The number of rotatable bonds is 9. The van der Waals surface area contributed by atoms with E-state index < -0.39 is 5.60 Å². The average molecular weight is 382 g/mol. The van der Waals surface area contributed by atoms with Gasteiger partial charge in [-0.2, -0.15) is 0 Å². The van der Waals surface area contributed by atoms with Gasteiger partial charge in [0.25, 0.3) is 0 Å². The molecular weight excluding hydrogens is 346 g/mol. The molecule has 8 heteroatoms. The summed E-state index contributed by atoms with van der Waals surface area (Å²) in [5.41, 5.74) is -0.487. The second-order valence-electron chi connectivity index (χ2n) is 8.16. The van der Waals surface area contributed by atoms with Crippen LogP contribution >= 0.6 is 0 Å². The number of carbonyl (C=O) groups is 2. The average Bonchev–Trinajstić information content (AvgIpc) is 3.46. The Morgan fingerprint density at radius 2 is 1.78 bits per heavy atom. The molecule has 0 aromatic heterocycles. The summed E-state index contributed by atoms with van der Waals surface area (Å²) >= 11 is 0. The van der Waals surface area contributed by atoms with Gasteiger partial charge >= 0.3 is 6.09 Å². The summed E-state index contributed by atoms with van der Waals surface area (Å²) in [7, 11) is 0. The predicted octanol–water partition coefficient (Wildman–Crippen LogP) is 1.47. The largest absolute Gasteiger partial charge is 0.444 e. The van der Waals surface area contributed by atoms with E-state index in [1.165, 1.54) is 0 Å². The third kappa shape index (κ3) is 8.49. The molecule has 0 aromatic carbocycles. The van der Waals surface area contributed by atoms with Crippen molar-refractivity contribution in [2.45, 2.75) is 65.0 Å². The number of carbonyl (C=O) groups excluding carboxylic acids is 2. The van der Waals surface area contributed by atoms with Crippen LogP contribution in [0.5, 0.6) is 0 Å². The zero-order chi connectivity index (χ0) is 19.9. The van der Waals surface area contributed by atoms with Crippen LogP contribution in [0.2, 0.25) is 0 Å². The molecule has 154 valence electrons. The maximum absolute atomic E-state index is 12.4. The van der Waals surface area contributed by atoms with E-state index in [1.807, 2.05) is 27.7 Å². The van der Waals surface area contributed by atoms with Crippen LogP contribution in [0, 0.1) is 5.92 Å². The third-order valence-corrected chi connectivity index (χ3v) is 4.23. The summed E-state index contributed by atoms with van der Waals surface area (Å²) in [5, 5.41) is 9.34. The lowest BCUT2D eigenvalue weighted by molar-refractivity contribution is -0.122. The number of nitrogens with one attached hydrogen (secondary N) is 3. The van der Waals surface area contributed by atoms with E-state index >= 15 is 0 Å². The summed E-state index contributed by atoms with van der Waals surface area (Å²) < 4.78 is 5.51. The Labute approximate surface area is 162 Å². The summed E-state index contributed by atoms with van der Waals surface area (Å²) in [4.78, 5) is 30.3. The Kier molecular flexibility index (Phi) is 7.74.